The normalized spacial score (nSPS) is 15.1. The summed E-state index contributed by atoms with van der Waals surface area (Å²) in [6, 6.07) is 16.0. The first-order valence-electron chi connectivity index (χ1n) is 8.16. The van der Waals surface area contributed by atoms with Gasteiger partial charge in [-0.15, -0.1) is 0 Å². The first kappa shape index (κ1) is 16.6. The van der Waals surface area contributed by atoms with Crippen molar-refractivity contribution in [3.63, 3.8) is 0 Å². The van der Waals surface area contributed by atoms with Gasteiger partial charge in [0, 0.05) is 43.0 Å². The summed E-state index contributed by atoms with van der Waals surface area (Å²) in [5.74, 6) is 0.0753. The zero-order valence-electron chi connectivity index (χ0n) is 13.8. The molecule has 1 heterocycles. The van der Waals surface area contributed by atoms with E-state index in [1.807, 2.05) is 47.4 Å². The maximum atomic E-state index is 12.3. The number of amides is 1. The molecule has 1 saturated heterocycles. The lowest BCUT2D eigenvalue weighted by Crippen LogP contribution is -2.48. The fourth-order valence-corrected chi connectivity index (χ4v) is 2.91. The molecule has 124 valence electrons. The van der Waals surface area contributed by atoms with Gasteiger partial charge >= 0.3 is 0 Å². The second-order valence-corrected chi connectivity index (χ2v) is 6.47. The Balaban J connectivity index is 1.55. The number of rotatable bonds is 3. The Bertz CT molecular complexity index is 714. The van der Waals surface area contributed by atoms with Crippen molar-refractivity contribution in [1.29, 1.82) is 0 Å². The summed E-state index contributed by atoms with van der Waals surface area (Å²) in [4.78, 5) is 16.5. The van der Waals surface area contributed by atoms with Crippen LogP contribution in [0.15, 0.2) is 54.6 Å². The molecule has 0 atom stereocenters. The zero-order chi connectivity index (χ0) is 16.9. The highest BCUT2D eigenvalue weighted by Crippen LogP contribution is 2.19. The van der Waals surface area contributed by atoms with Gasteiger partial charge in [0.25, 0.3) is 0 Å². The molecule has 0 aliphatic carbocycles. The number of carbonyl (C=O) groups excluding carboxylic acids is 1. The van der Waals surface area contributed by atoms with Crippen molar-refractivity contribution < 1.29 is 4.79 Å². The minimum Gasteiger partial charge on any atom is -0.368 e. The molecule has 1 fully saturated rings. The Morgan fingerprint density at radius 2 is 1.58 bits per heavy atom. The van der Waals surface area contributed by atoms with Crippen LogP contribution in [0.2, 0.25) is 5.02 Å². The average molecular weight is 341 g/mol. The first-order valence-corrected chi connectivity index (χ1v) is 8.54. The van der Waals surface area contributed by atoms with Gasteiger partial charge in [0.05, 0.1) is 0 Å². The second kappa shape index (κ2) is 7.54. The number of aryl methyl sites for hydroxylation is 1. The molecular formula is C20H21ClN2O. The van der Waals surface area contributed by atoms with E-state index < -0.39 is 0 Å². The molecule has 4 heteroatoms. The van der Waals surface area contributed by atoms with Crippen molar-refractivity contribution in [3.8, 4) is 0 Å². The van der Waals surface area contributed by atoms with Gasteiger partial charge in [0.1, 0.15) is 0 Å². The lowest BCUT2D eigenvalue weighted by Gasteiger charge is -2.35. The minimum absolute atomic E-state index is 0.0753. The fraction of sp³-hybridized carbons (Fsp3) is 0.250. The van der Waals surface area contributed by atoms with E-state index in [-0.39, 0.29) is 5.91 Å². The van der Waals surface area contributed by atoms with E-state index in [4.69, 9.17) is 11.6 Å². The van der Waals surface area contributed by atoms with Gasteiger partial charge in [-0.05, 0) is 42.8 Å². The third kappa shape index (κ3) is 4.18. The molecule has 2 aromatic rings. The molecule has 0 radical (unpaired) electrons. The molecular weight excluding hydrogens is 320 g/mol. The summed E-state index contributed by atoms with van der Waals surface area (Å²) in [7, 11) is 0. The molecule has 0 spiro atoms. The minimum atomic E-state index is 0.0753. The van der Waals surface area contributed by atoms with E-state index >= 15 is 0 Å². The Morgan fingerprint density at radius 1 is 0.958 bits per heavy atom. The van der Waals surface area contributed by atoms with Crippen molar-refractivity contribution >= 4 is 29.3 Å². The van der Waals surface area contributed by atoms with Gasteiger partial charge in [-0.1, -0.05) is 41.4 Å². The number of hydrogen-bond donors (Lipinski definition) is 0. The number of benzene rings is 2. The Labute approximate surface area is 148 Å². The summed E-state index contributed by atoms with van der Waals surface area (Å²) < 4.78 is 0. The van der Waals surface area contributed by atoms with Crippen molar-refractivity contribution in [2.75, 3.05) is 31.1 Å². The smallest absolute Gasteiger partial charge is 0.246 e. The summed E-state index contributed by atoms with van der Waals surface area (Å²) >= 11 is 5.93. The van der Waals surface area contributed by atoms with E-state index in [0.29, 0.717) is 0 Å². The van der Waals surface area contributed by atoms with Crippen molar-refractivity contribution in [3.05, 3.63) is 70.8 Å². The number of nitrogens with zero attached hydrogens (tertiary/aromatic N) is 2. The van der Waals surface area contributed by atoms with Crippen LogP contribution in [0.4, 0.5) is 5.69 Å². The van der Waals surface area contributed by atoms with Crippen LogP contribution >= 0.6 is 11.6 Å². The highest BCUT2D eigenvalue weighted by molar-refractivity contribution is 6.30. The number of carbonyl (C=O) groups is 1. The number of anilines is 1. The van der Waals surface area contributed by atoms with Gasteiger partial charge in [0.15, 0.2) is 0 Å². The summed E-state index contributed by atoms with van der Waals surface area (Å²) in [6.45, 7) is 5.20. The molecule has 0 N–H and O–H groups in total. The molecule has 3 rings (SSSR count). The topological polar surface area (TPSA) is 23.6 Å². The van der Waals surface area contributed by atoms with Crippen LogP contribution in [-0.4, -0.2) is 37.0 Å². The number of piperazine rings is 1. The quantitative estimate of drug-likeness (QED) is 0.788. The van der Waals surface area contributed by atoms with E-state index in [0.717, 1.165) is 42.5 Å². The standard InChI is InChI=1S/C20H21ClN2O/c1-16-2-4-17(5-3-16)6-11-20(24)23-14-12-22(13-15-23)19-9-7-18(21)8-10-19/h2-11H,12-15H2,1H3. The van der Waals surface area contributed by atoms with Gasteiger partial charge in [-0.2, -0.15) is 0 Å². The van der Waals surface area contributed by atoms with Crippen LogP contribution in [0, 0.1) is 6.92 Å². The molecule has 3 nitrogen and oxygen atoms in total. The molecule has 0 bridgehead atoms. The first-order chi connectivity index (χ1) is 11.6. The van der Waals surface area contributed by atoms with Crippen LogP contribution in [0.3, 0.4) is 0 Å². The van der Waals surface area contributed by atoms with E-state index in [1.165, 1.54) is 5.56 Å². The highest BCUT2D eigenvalue weighted by Gasteiger charge is 2.19. The molecule has 1 aliphatic heterocycles. The van der Waals surface area contributed by atoms with E-state index in [9.17, 15) is 4.79 Å². The lowest BCUT2D eigenvalue weighted by atomic mass is 10.1. The summed E-state index contributed by atoms with van der Waals surface area (Å²) in [6.07, 6.45) is 3.55. The second-order valence-electron chi connectivity index (χ2n) is 6.03. The third-order valence-corrected chi connectivity index (χ3v) is 4.53. The number of hydrogen-bond acceptors (Lipinski definition) is 2. The lowest BCUT2D eigenvalue weighted by molar-refractivity contribution is -0.126. The molecule has 0 saturated carbocycles. The predicted molar refractivity (Wildman–Crippen MR) is 100 cm³/mol. The molecule has 24 heavy (non-hydrogen) atoms. The summed E-state index contributed by atoms with van der Waals surface area (Å²) in [5.41, 5.74) is 3.42. The largest absolute Gasteiger partial charge is 0.368 e. The van der Waals surface area contributed by atoms with Gasteiger partial charge in [-0.3, -0.25) is 4.79 Å². The average Bonchev–Trinajstić information content (AvgIpc) is 2.62. The van der Waals surface area contributed by atoms with Gasteiger partial charge in [-0.25, -0.2) is 0 Å². The Hall–Kier alpha value is -2.26. The molecule has 0 unspecified atom stereocenters. The maximum Gasteiger partial charge on any atom is 0.246 e. The van der Waals surface area contributed by atoms with Crippen molar-refractivity contribution in [2.45, 2.75) is 6.92 Å². The van der Waals surface area contributed by atoms with Crippen LogP contribution < -0.4 is 4.90 Å². The van der Waals surface area contributed by atoms with Gasteiger partial charge < -0.3 is 9.80 Å². The van der Waals surface area contributed by atoms with E-state index in [2.05, 4.69) is 24.0 Å². The molecule has 2 aromatic carbocycles. The fourth-order valence-electron chi connectivity index (χ4n) is 2.79. The van der Waals surface area contributed by atoms with Crippen LogP contribution in [0.5, 0.6) is 0 Å². The SMILES string of the molecule is Cc1ccc(C=CC(=O)N2CCN(c3ccc(Cl)cc3)CC2)cc1. The zero-order valence-corrected chi connectivity index (χ0v) is 14.5. The van der Waals surface area contributed by atoms with Crippen molar-refractivity contribution in [1.82, 2.24) is 4.90 Å². The van der Waals surface area contributed by atoms with E-state index in [1.54, 1.807) is 6.08 Å². The Kier molecular flexibility index (Phi) is 5.21. The van der Waals surface area contributed by atoms with Crippen LogP contribution in [0.25, 0.3) is 6.08 Å². The Morgan fingerprint density at radius 3 is 2.21 bits per heavy atom. The molecule has 1 amide bonds. The van der Waals surface area contributed by atoms with Crippen molar-refractivity contribution in [2.24, 2.45) is 0 Å². The van der Waals surface area contributed by atoms with Crippen LogP contribution in [-0.2, 0) is 4.79 Å². The van der Waals surface area contributed by atoms with Gasteiger partial charge in [0.2, 0.25) is 5.91 Å². The molecule has 1 aliphatic rings. The monoisotopic (exact) mass is 340 g/mol. The third-order valence-electron chi connectivity index (χ3n) is 4.28. The molecule has 0 aromatic heterocycles. The number of halogens is 1. The predicted octanol–water partition coefficient (Wildman–Crippen LogP) is 4.01. The summed E-state index contributed by atoms with van der Waals surface area (Å²) in [5, 5.41) is 0.744. The van der Waals surface area contributed by atoms with Crippen LogP contribution in [0.1, 0.15) is 11.1 Å². The maximum absolute atomic E-state index is 12.3. The highest BCUT2D eigenvalue weighted by atomic mass is 35.5.